The molecule has 0 saturated carbocycles. The van der Waals surface area contributed by atoms with E-state index in [9.17, 15) is 4.39 Å². The Bertz CT molecular complexity index is 536. The minimum Gasteiger partial charge on any atom is -0.313 e. The summed E-state index contributed by atoms with van der Waals surface area (Å²) in [5, 5.41) is 4.00. The lowest BCUT2D eigenvalue weighted by Crippen LogP contribution is -2.34. The monoisotopic (exact) mass is 305 g/mol. The molecule has 0 heterocycles. The van der Waals surface area contributed by atoms with Crippen molar-refractivity contribution >= 4 is 11.6 Å². The van der Waals surface area contributed by atoms with Gasteiger partial charge in [-0.1, -0.05) is 54.9 Å². The molecule has 1 atom stereocenters. The van der Waals surface area contributed by atoms with Crippen LogP contribution < -0.4 is 5.32 Å². The first-order valence-corrected chi connectivity index (χ1v) is 7.78. The molecule has 0 amide bonds. The SMILES string of the molecule is CCCNC(Cc1ccccc1)Cc1c(F)cccc1Cl. The highest BCUT2D eigenvalue weighted by atomic mass is 35.5. The molecule has 0 aliphatic rings. The molecule has 0 radical (unpaired) electrons. The van der Waals surface area contributed by atoms with Crippen LogP contribution in [0.2, 0.25) is 5.02 Å². The van der Waals surface area contributed by atoms with Crippen LogP contribution in [-0.2, 0) is 12.8 Å². The number of nitrogens with one attached hydrogen (secondary N) is 1. The highest BCUT2D eigenvalue weighted by molar-refractivity contribution is 6.31. The molecule has 112 valence electrons. The average molecular weight is 306 g/mol. The second-order valence-corrected chi connectivity index (χ2v) is 5.65. The Labute approximate surface area is 131 Å². The molecule has 2 aromatic rings. The molecule has 0 aliphatic heterocycles. The van der Waals surface area contributed by atoms with E-state index in [2.05, 4.69) is 24.4 Å². The molecule has 1 N–H and O–H groups in total. The van der Waals surface area contributed by atoms with E-state index in [1.54, 1.807) is 12.1 Å². The standard InChI is InChI=1S/C18H21ClFN/c1-2-11-21-15(12-14-7-4-3-5-8-14)13-16-17(19)9-6-10-18(16)20/h3-10,15,21H,2,11-13H2,1H3. The molecule has 2 rings (SSSR count). The third-order valence-electron chi connectivity index (χ3n) is 3.52. The summed E-state index contributed by atoms with van der Waals surface area (Å²) in [6, 6.07) is 15.3. The summed E-state index contributed by atoms with van der Waals surface area (Å²) in [5.41, 5.74) is 1.85. The van der Waals surface area contributed by atoms with Crippen LogP contribution in [0.25, 0.3) is 0 Å². The molecule has 2 aromatic carbocycles. The van der Waals surface area contributed by atoms with Gasteiger partial charge in [0.1, 0.15) is 5.82 Å². The first kappa shape index (κ1) is 16.0. The van der Waals surface area contributed by atoms with Gasteiger partial charge in [-0.05, 0) is 43.5 Å². The molecular weight excluding hydrogens is 285 g/mol. The quantitative estimate of drug-likeness (QED) is 0.786. The fourth-order valence-electron chi connectivity index (χ4n) is 2.44. The average Bonchev–Trinajstić information content (AvgIpc) is 2.49. The molecule has 21 heavy (non-hydrogen) atoms. The zero-order valence-electron chi connectivity index (χ0n) is 12.3. The van der Waals surface area contributed by atoms with Gasteiger partial charge in [-0.25, -0.2) is 4.39 Å². The molecule has 1 nitrogen and oxygen atoms in total. The Balaban J connectivity index is 2.12. The second kappa shape index (κ2) is 8.16. The van der Waals surface area contributed by atoms with Gasteiger partial charge in [0, 0.05) is 16.6 Å². The lowest BCUT2D eigenvalue weighted by molar-refractivity contribution is 0.492. The second-order valence-electron chi connectivity index (χ2n) is 5.25. The number of hydrogen-bond donors (Lipinski definition) is 1. The van der Waals surface area contributed by atoms with Gasteiger partial charge >= 0.3 is 0 Å². The van der Waals surface area contributed by atoms with Crippen LogP contribution in [0.5, 0.6) is 0 Å². The predicted molar refractivity (Wildman–Crippen MR) is 87.3 cm³/mol. The summed E-state index contributed by atoms with van der Waals surface area (Å²) in [5.74, 6) is -0.223. The largest absolute Gasteiger partial charge is 0.313 e. The van der Waals surface area contributed by atoms with Crippen LogP contribution in [0.15, 0.2) is 48.5 Å². The van der Waals surface area contributed by atoms with Crippen molar-refractivity contribution in [3.8, 4) is 0 Å². The van der Waals surface area contributed by atoms with Crippen LogP contribution >= 0.6 is 11.6 Å². The van der Waals surface area contributed by atoms with Crippen molar-refractivity contribution in [2.24, 2.45) is 0 Å². The summed E-state index contributed by atoms with van der Waals surface area (Å²) in [6.45, 7) is 3.05. The highest BCUT2D eigenvalue weighted by Gasteiger charge is 2.15. The zero-order chi connectivity index (χ0) is 15.1. The third-order valence-corrected chi connectivity index (χ3v) is 3.87. The predicted octanol–water partition coefficient (Wildman–Crippen LogP) is 4.63. The summed E-state index contributed by atoms with van der Waals surface area (Å²) in [6.07, 6.45) is 2.52. The molecule has 0 saturated heterocycles. The fourth-order valence-corrected chi connectivity index (χ4v) is 2.68. The Morgan fingerprint density at radius 3 is 2.48 bits per heavy atom. The zero-order valence-corrected chi connectivity index (χ0v) is 13.0. The van der Waals surface area contributed by atoms with Gasteiger partial charge in [0.05, 0.1) is 0 Å². The smallest absolute Gasteiger partial charge is 0.127 e. The molecule has 0 aromatic heterocycles. The van der Waals surface area contributed by atoms with E-state index in [0.29, 0.717) is 17.0 Å². The number of halogens is 2. The van der Waals surface area contributed by atoms with E-state index in [1.165, 1.54) is 11.6 Å². The van der Waals surface area contributed by atoms with Gasteiger partial charge in [-0.3, -0.25) is 0 Å². The Kier molecular flexibility index (Phi) is 6.21. The van der Waals surface area contributed by atoms with Crippen molar-refractivity contribution in [2.75, 3.05) is 6.54 Å². The van der Waals surface area contributed by atoms with Crippen LogP contribution in [0.4, 0.5) is 4.39 Å². The van der Waals surface area contributed by atoms with Crippen molar-refractivity contribution in [1.29, 1.82) is 0 Å². The van der Waals surface area contributed by atoms with E-state index < -0.39 is 0 Å². The topological polar surface area (TPSA) is 12.0 Å². The molecule has 0 spiro atoms. The summed E-state index contributed by atoms with van der Waals surface area (Å²) < 4.78 is 14.0. The maximum atomic E-state index is 14.0. The number of hydrogen-bond acceptors (Lipinski definition) is 1. The Morgan fingerprint density at radius 2 is 1.81 bits per heavy atom. The maximum Gasteiger partial charge on any atom is 0.127 e. The van der Waals surface area contributed by atoms with E-state index in [1.807, 2.05) is 18.2 Å². The van der Waals surface area contributed by atoms with Gasteiger partial charge in [0.2, 0.25) is 0 Å². The Morgan fingerprint density at radius 1 is 1.05 bits per heavy atom. The highest BCUT2D eigenvalue weighted by Crippen LogP contribution is 2.21. The minimum absolute atomic E-state index is 0.182. The summed E-state index contributed by atoms with van der Waals surface area (Å²) in [4.78, 5) is 0. The van der Waals surface area contributed by atoms with Crippen molar-refractivity contribution in [1.82, 2.24) is 5.32 Å². The number of benzene rings is 2. The van der Waals surface area contributed by atoms with Crippen molar-refractivity contribution in [3.05, 3.63) is 70.5 Å². The Hall–Kier alpha value is -1.38. The van der Waals surface area contributed by atoms with E-state index in [4.69, 9.17) is 11.6 Å². The third kappa shape index (κ3) is 4.83. The lowest BCUT2D eigenvalue weighted by Gasteiger charge is -2.20. The molecule has 3 heteroatoms. The van der Waals surface area contributed by atoms with Crippen LogP contribution in [0.1, 0.15) is 24.5 Å². The van der Waals surface area contributed by atoms with E-state index in [0.717, 1.165) is 19.4 Å². The van der Waals surface area contributed by atoms with Crippen molar-refractivity contribution in [3.63, 3.8) is 0 Å². The van der Waals surface area contributed by atoms with Crippen molar-refractivity contribution in [2.45, 2.75) is 32.2 Å². The fraction of sp³-hybridized carbons (Fsp3) is 0.333. The van der Waals surface area contributed by atoms with Gasteiger partial charge in [-0.2, -0.15) is 0 Å². The normalized spacial score (nSPS) is 12.3. The first-order valence-electron chi connectivity index (χ1n) is 7.41. The molecule has 1 unspecified atom stereocenters. The van der Waals surface area contributed by atoms with E-state index in [-0.39, 0.29) is 11.9 Å². The van der Waals surface area contributed by atoms with Gasteiger partial charge in [0.25, 0.3) is 0 Å². The number of rotatable bonds is 7. The van der Waals surface area contributed by atoms with Crippen LogP contribution in [0, 0.1) is 5.82 Å². The summed E-state index contributed by atoms with van der Waals surface area (Å²) >= 11 is 6.14. The van der Waals surface area contributed by atoms with Crippen LogP contribution in [0.3, 0.4) is 0 Å². The lowest BCUT2D eigenvalue weighted by atomic mass is 9.98. The van der Waals surface area contributed by atoms with Gasteiger partial charge in [0.15, 0.2) is 0 Å². The van der Waals surface area contributed by atoms with Crippen molar-refractivity contribution < 1.29 is 4.39 Å². The molecule has 0 bridgehead atoms. The van der Waals surface area contributed by atoms with Gasteiger partial charge < -0.3 is 5.32 Å². The summed E-state index contributed by atoms with van der Waals surface area (Å²) in [7, 11) is 0. The molecule has 0 fully saturated rings. The maximum absolute atomic E-state index is 14.0. The van der Waals surface area contributed by atoms with E-state index >= 15 is 0 Å². The van der Waals surface area contributed by atoms with Crippen LogP contribution in [-0.4, -0.2) is 12.6 Å². The van der Waals surface area contributed by atoms with Gasteiger partial charge in [-0.15, -0.1) is 0 Å². The minimum atomic E-state index is -0.223. The first-order chi connectivity index (χ1) is 10.2. The molecule has 0 aliphatic carbocycles. The molecular formula is C18H21ClFN.